The largest absolute Gasteiger partial charge is 0.365 e. The monoisotopic (exact) mass is 228 g/mol. The Morgan fingerprint density at radius 3 is 2.41 bits per heavy atom. The summed E-state index contributed by atoms with van der Waals surface area (Å²) in [5.41, 5.74) is 6.54. The van der Waals surface area contributed by atoms with E-state index < -0.39 is 11.5 Å². The van der Waals surface area contributed by atoms with Crippen LogP contribution in [0.1, 0.15) is 15.9 Å². The molecule has 2 rings (SSSR count). The van der Waals surface area contributed by atoms with Gasteiger partial charge in [-0.1, -0.05) is 17.7 Å². The fourth-order valence-corrected chi connectivity index (χ4v) is 1.59. The van der Waals surface area contributed by atoms with E-state index in [0.29, 0.717) is 5.69 Å². The van der Waals surface area contributed by atoms with Crippen molar-refractivity contribution in [2.75, 3.05) is 0 Å². The number of rotatable bonds is 2. The van der Waals surface area contributed by atoms with Gasteiger partial charge in [0.2, 0.25) is 0 Å². The van der Waals surface area contributed by atoms with Crippen LogP contribution in [-0.2, 0) is 0 Å². The van der Waals surface area contributed by atoms with Crippen LogP contribution < -0.4 is 11.3 Å². The SMILES string of the molecule is Cc1ccc(-n2cccc(C(N)=O)c2=O)cc1. The van der Waals surface area contributed by atoms with Crippen LogP contribution in [0.5, 0.6) is 0 Å². The van der Waals surface area contributed by atoms with Crippen molar-refractivity contribution >= 4 is 5.91 Å². The summed E-state index contributed by atoms with van der Waals surface area (Å²) < 4.78 is 1.40. The molecule has 1 amide bonds. The highest BCUT2D eigenvalue weighted by Gasteiger charge is 2.08. The lowest BCUT2D eigenvalue weighted by Gasteiger charge is -2.06. The molecule has 17 heavy (non-hydrogen) atoms. The van der Waals surface area contributed by atoms with Crippen molar-refractivity contribution in [2.24, 2.45) is 5.73 Å². The minimum Gasteiger partial charge on any atom is -0.365 e. The Hall–Kier alpha value is -2.36. The Labute approximate surface area is 98.3 Å². The number of hydrogen-bond donors (Lipinski definition) is 1. The Kier molecular flexibility index (Phi) is 2.78. The smallest absolute Gasteiger partial charge is 0.267 e. The van der Waals surface area contributed by atoms with Crippen molar-refractivity contribution in [3.05, 3.63) is 64.1 Å². The summed E-state index contributed by atoms with van der Waals surface area (Å²) in [6.07, 6.45) is 1.61. The Morgan fingerprint density at radius 2 is 1.82 bits per heavy atom. The molecule has 0 bridgehead atoms. The number of nitrogens with two attached hydrogens (primary N) is 1. The van der Waals surface area contributed by atoms with Crippen LogP contribution in [0.25, 0.3) is 5.69 Å². The van der Waals surface area contributed by atoms with Gasteiger partial charge in [-0.05, 0) is 31.2 Å². The first-order chi connectivity index (χ1) is 8.09. The summed E-state index contributed by atoms with van der Waals surface area (Å²) in [6, 6.07) is 10.5. The third-order valence-electron chi connectivity index (χ3n) is 2.52. The average molecular weight is 228 g/mol. The number of pyridine rings is 1. The van der Waals surface area contributed by atoms with E-state index in [1.807, 2.05) is 31.2 Å². The molecule has 0 saturated heterocycles. The Bertz CT molecular complexity index is 612. The first-order valence-corrected chi connectivity index (χ1v) is 5.18. The summed E-state index contributed by atoms with van der Waals surface area (Å²) in [4.78, 5) is 23.0. The van der Waals surface area contributed by atoms with Gasteiger partial charge in [0.1, 0.15) is 5.56 Å². The van der Waals surface area contributed by atoms with Crippen molar-refractivity contribution in [1.29, 1.82) is 0 Å². The molecular formula is C13H12N2O2. The van der Waals surface area contributed by atoms with Crippen LogP contribution in [0.4, 0.5) is 0 Å². The molecule has 0 atom stereocenters. The van der Waals surface area contributed by atoms with Crippen molar-refractivity contribution in [2.45, 2.75) is 6.92 Å². The van der Waals surface area contributed by atoms with Gasteiger partial charge in [0.25, 0.3) is 11.5 Å². The fourth-order valence-electron chi connectivity index (χ4n) is 1.59. The number of aryl methyl sites for hydroxylation is 1. The Morgan fingerprint density at radius 1 is 1.18 bits per heavy atom. The number of aromatic nitrogens is 1. The molecule has 0 aliphatic carbocycles. The van der Waals surface area contributed by atoms with Crippen LogP contribution in [-0.4, -0.2) is 10.5 Å². The lowest BCUT2D eigenvalue weighted by atomic mass is 10.2. The number of hydrogen-bond acceptors (Lipinski definition) is 2. The number of amides is 1. The second kappa shape index (κ2) is 4.25. The predicted octanol–water partition coefficient (Wildman–Crippen LogP) is 1.24. The third-order valence-corrected chi connectivity index (χ3v) is 2.52. The van der Waals surface area contributed by atoms with E-state index in [4.69, 9.17) is 5.73 Å². The third kappa shape index (κ3) is 2.10. The number of nitrogens with zero attached hydrogens (tertiary/aromatic N) is 1. The van der Waals surface area contributed by atoms with Crippen molar-refractivity contribution < 1.29 is 4.79 Å². The van der Waals surface area contributed by atoms with Gasteiger partial charge in [-0.3, -0.25) is 14.2 Å². The molecule has 0 aliphatic rings. The molecule has 0 fully saturated rings. The molecule has 1 aromatic carbocycles. The van der Waals surface area contributed by atoms with Crippen molar-refractivity contribution in [3.63, 3.8) is 0 Å². The average Bonchev–Trinajstić information content (AvgIpc) is 2.30. The maximum absolute atomic E-state index is 12.0. The van der Waals surface area contributed by atoms with E-state index in [1.54, 1.807) is 12.3 Å². The first-order valence-electron chi connectivity index (χ1n) is 5.18. The molecular weight excluding hydrogens is 216 g/mol. The summed E-state index contributed by atoms with van der Waals surface area (Å²) in [5, 5.41) is 0. The highest BCUT2D eigenvalue weighted by atomic mass is 16.2. The molecule has 4 heteroatoms. The highest BCUT2D eigenvalue weighted by molar-refractivity contribution is 5.92. The highest BCUT2D eigenvalue weighted by Crippen LogP contribution is 2.07. The van der Waals surface area contributed by atoms with Crippen LogP contribution in [0, 0.1) is 6.92 Å². The van der Waals surface area contributed by atoms with Gasteiger partial charge in [0.05, 0.1) is 0 Å². The summed E-state index contributed by atoms with van der Waals surface area (Å²) >= 11 is 0. The zero-order valence-electron chi connectivity index (χ0n) is 9.38. The second-order valence-corrected chi connectivity index (χ2v) is 3.80. The van der Waals surface area contributed by atoms with Gasteiger partial charge in [-0.2, -0.15) is 0 Å². The number of benzene rings is 1. The van der Waals surface area contributed by atoms with Gasteiger partial charge in [0, 0.05) is 11.9 Å². The van der Waals surface area contributed by atoms with Gasteiger partial charge in [0.15, 0.2) is 0 Å². The summed E-state index contributed by atoms with van der Waals surface area (Å²) in [6.45, 7) is 1.96. The molecule has 0 aliphatic heterocycles. The minimum atomic E-state index is -0.712. The molecule has 1 heterocycles. The van der Waals surface area contributed by atoms with Gasteiger partial charge >= 0.3 is 0 Å². The molecule has 2 N–H and O–H groups in total. The molecule has 2 aromatic rings. The number of primary amides is 1. The number of carbonyl (C=O) groups excluding carboxylic acids is 1. The molecule has 4 nitrogen and oxygen atoms in total. The normalized spacial score (nSPS) is 10.2. The van der Waals surface area contributed by atoms with E-state index >= 15 is 0 Å². The predicted molar refractivity (Wildman–Crippen MR) is 65.3 cm³/mol. The zero-order valence-corrected chi connectivity index (χ0v) is 9.38. The van der Waals surface area contributed by atoms with Gasteiger partial charge in [-0.15, -0.1) is 0 Å². The van der Waals surface area contributed by atoms with Gasteiger partial charge in [-0.25, -0.2) is 0 Å². The van der Waals surface area contributed by atoms with Crippen LogP contribution >= 0.6 is 0 Å². The first kappa shape index (κ1) is 11.1. The van der Waals surface area contributed by atoms with E-state index in [-0.39, 0.29) is 5.56 Å². The van der Waals surface area contributed by atoms with Gasteiger partial charge < -0.3 is 5.73 Å². The van der Waals surface area contributed by atoms with E-state index in [0.717, 1.165) is 5.56 Å². The van der Waals surface area contributed by atoms with Crippen molar-refractivity contribution in [3.8, 4) is 5.69 Å². The molecule has 0 saturated carbocycles. The van der Waals surface area contributed by atoms with Crippen LogP contribution in [0.3, 0.4) is 0 Å². The summed E-state index contributed by atoms with van der Waals surface area (Å²) in [7, 11) is 0. The summed E-state index contributed by atoms with van der Waals surface area (Å²) in [5.74, 6) is -0.712. The van der Waals surface area contributed by atoms with Crippen molar-refractivity contribution in [1.82, 2.24) is 4.57 Å². The van der Waals surface area contributed by atoms with E-state index in [2.05, 4.69) is 0 Å². The fraction of sp³-hybridized carbons (Fsp3) is 0.0769. The molecule has 86 valence electrons. The molecule has 0 spiro atoms. The quantitative estimate of drug-likeness (QED) is 0.840. The maximum Gasteiger partial charge on any atom is 0.267 e. The topological polar surface area (TPSA) is 65.1 Å². The van der Waals surface area contributed by atoms with E-state index in [1.165, 1.54) is 10.6 Å². The zero-order chi connectivity index (χ0) is 12.4. The van der Waals surface area contributed by atoms with Crippen LogP contribution in [0.15, 0.2) is 47.4 Å². The standard InChI is InChI=1S/C13H12N2O2/c1-9-4-6-10(7-5-9)15-8-2-3-11(12(14)16)13(15)17/h2-8H,1H3,(H2,14,16). The van der Waals surface area contributed by atoms with E-state index in [9.17, 15) is 9.59 Å². The minimum absolute atomic E-state index is 0.00641. The lowest BCUT2D eigenvalue weighted by molar-refractivity contribution is 0.0998. The lowest BCUT2D eigenvalue weighted by Crippen LogP contribution is -2.28. The van der Waals surface area contributed by atoms with Crippen LogP contribution in [0.2, 0.25) is 0 Å². The molecule has 1 aromatic heterocycles. The maximum atomic E-state index is 12.0. The molecule has 0 unspecified atom stereocenters. The second-order valence-electron chi connectivity index (χ2n) is 3.80. The molecule has 0 radical (unpaired) electrons. The number of carbonyl (C=O) groups is 1. The Balaban J connectivity index is 2.61.